The highest BCUT2D eigenvalue weighted by Crippen LogP contribution is 2.37. The summed E-state index contributed by atoms with van der Waals surface area (Å²) in [6, 6.07) is 15.5. The second-order valence-corrected chi connectivity index (χ2v) is 10.8. The highest BCUT2D eigenvalue weighted by molar-refractivity contribution is 8.18. The Balaban J connectivity index is 1.53. The molecule has 37 heavy (non-hydrogen) atoms. The Morgan fingerprint density at radius 3 is 2.46 bits per heavy atom. The summed E-state index contributed by atoms with van der Waals surface area (Å²) < 4.78 is 16.5. The molecule has 9 heteroatoms. The maximum absolute atomic E-state index is 14.6. The number of imide groups is 1. The zero-order chi connectivity index (χ0) is 26.3. The number of amides is 2. The zero-order valence-corrected chi connectivity index (χ0v) is 22.7. The van der Waals surface area contributed by atoms with Gasteiger partial charge in [-0.1, -0.05) is 72.1 Å². The van der Waals surface area contributed by atoms with E-state index < -0.39 is 5.91 Å². The first kappa shape index (κ1) is 25.9. The molecule has 3 aromatic carbocycles. The highest BCUT2D eigenvalue weighted by Gasteiger charge is 2.35. The molecule has 5 rings (SSSR count). The third kappa shape index (κ3) is 5.04. The fraction of sp³-hybridized carbons (Fsp3) is 0.143. The van der Waals surface area contributed by atoms with Crippen LogP contribution in [0.3, 0.4) is 0 Å². The SMILES string of the molecule is CCc1cccc2c(/C=C3\SC(=O)N(Cc4ccc(Cl)cc4Cl)C3=O)cn(Cc3c(F)cccc3Cl)c12. The second kappa shape index (κ2) is 10.5. The maximum atomic E-state index is 14.6. The number of para-hydroxylation sites is 1. The predicted octanol–water partition coefficient (Wildman–Crippen LogP) is 8.59. The Morgan fingerprint density at radius 2 is 1.73 bits per heavy atom. The standard InChI is InChI=1S/C28H20Cl3FN2O2S/c1-2-16-5-3-6-20-18(13-33(26(16)20)15-21-22(30)7-4-8-24(21)32)11-25-27(35)34(28(36)37-25)14-17-9-10-19(29)12-23(17)31/h3-13H,2,14-15H2,1H3/b25-11-. The number of benzene rings is 3. The van der Waals surface area contributed by atoms with Gasteiger partial charge in [0.15, 0.2) is 0 Å². The Labute approximate surface area is 232 Å². The summed E-state index contributed by atoms with van der Waals surface area (Å²) in [6.07, 6.45) is 4.36. The molecule has 0 N–H and O–H groups in total. The Morgan fingerprint density at radius 1 is 0.946 bits per heavy atom. The lowest BCUT2D eigenvalue weighted by Gasteiger charge is -2.13. The summed E-state index contributed by atoms with van der Waals surface area (Å²) in [4.78, 5) is 27.4. The molecule has 1 aliphatic heterocycles. The molecule has 0 bridgehead atoms. The quantitative estimate of drug-likeness (QED) is 0.217. The van der Waals surface area contributed by atoms with Crippen LogP contribution in [-0.2, 0) is 24.3 Å². The number of rotatable bonds is 6. The zero-order valence-electron chi connectivity index (χ0n) is 19.6. The van der Waals surface area contributed by atoms with Crippen LogP contribution in [-0.4, -0.2) is 20.6 Å². The minimum Gasteiger partial charge on any atom is -0.342 e. The number of nitrogens with zero attached hydrogens (tertiary/aromatic N) is 2. The van der Waals surface area contributed by atoms with Crippen LogP contribution in [0.15, 0.2) is 65.7 Å². The topological polar surface area (TPSA) is 42.3 Å². The number of aromatic nitrogens is 1. The van der Waals surface area contributed by atoms with Crippen molar-refractivity contribution in [2.24, 2.45) is 0 Å². The van der Waals surface area contributed by atoms with Gasteiger partial charge in [0.25, 0.3) is 11.1 Å². The predicted molar refractivity (Wildman–Crippen MR) is 150 cm³/mol. The van der Waals surface area contributed by atoms with Gasteiger partial charge in [-0.2, -0.15) is 0 Å². The van der Waals surface area contributed by atoms with Gasteiger partial charge in [-0.25, -0.2) is 4.39 Å². The largest absolute Gasteiger partial charge is 0.342 e. The molecular formula is C28H20Cl3FN2O2S. The van der Waals surface area contributed by atoms with E-state index in [1.165, 1.54) is 11.0 Å². The van der Waals surface area contributed by atoms with Gasteiger partial charge in [0.05, 0.1) is 23.5 Å². The summed E-state index contributed by atoms with van der Waals surface area (Å²) in [5, 5.41) is 1.73. The van der Waals surface area contributed by atoms with Gasteiger partial charge >= 0.3 is 0 Å². The van der Waals surface area contributed by atoms with Crippen molar-refractivity contribution in [3.8, 4) is 0 Å². The molecule has 2 amide bonds. The van der Waals surface area contributed by atoms with Crippen LogP contribution in [0.5, 0.6) is 0 Å². The molecule has 2 heterocycles. The van der Waals surface area contributed by atoms with Gasteiger partial charge in [-0.05, 0) is 59.7 Å². The van der Waals surface area contributed by atoms with Gasteiger partial charge in [-0.15, -0.1) is 0 Å². The van der Waals surface area contributed by atoms with Crippen LogP contribution in [0.2, 0.25) is 15.1 Å². The summed E-state index contributed by atoms with van der Waals surface area (Å²) in [5.41, 5.74) is 3.78. The Kier molecular flexibility index (Phi) is 7.37. The third-order valence-corrected chi connectivity index (χ3v) is 8.14. The molecule has 4 aromatic rings. The fourth-order valence-corrected chi connectivity index (χ4v) is 5.96. The molecule has 0 radical (unpaired) electrons. The number of carbonyl (C=O) groups is 2. The lowest BCUT2D eigenvalue weighted by atomic mass is 10.1. The average molecular weight is 574 g/mol. The van der Waals surface area contributed by atoms with Gasteiger partial charge in [0, 0.05) is 37.8 Å². The normalized spacial score (nSPS) is 14.9. The van der Waals surface area contributed by atoms with Crippen molar-refractivity contribution in [1.29, 1.82) is 0 Å². The van der Waals surface area contributed by atoms with E-state index in [-0.39, 0.29) is 24.1 Å². The van der Waals surface area contributed by atoms with Gasteiger partial charge in [0.1, 0.15) is 5.82 Å². The minimum atomic E-state index is -0.397. The van der Waals surface area contributed by atoms with Crippen LogP contribution in [0.25, 0.3) is 17.0 Å². The smallest absolute Gasteiger partial charge is 0.293 e. The Bertz CT molecular complexity index is 1580. The van der Waals surface area contributed by atoms with E-state index in [1.807, 2.05) is 29.0 Å². The van der Waals surface area contributed by atoms with Crippen LogP contribution < -0.4 is 0 Å². The van der Waals surface area contributed by atoms with Crippen LogP contribution >= 0.6 is 46.6 Å². The molecule has 0 atom stereocenters. The van der Waals surface area contributed by atoms with Crippen LogP contribution in [0.1, 0.15) is 29.2 Å². The molecule has 0 aliphatic carbocycles. The summed E-state index contributed by atoms with van der Waals surface area (Å²) >= 11 is 19.4. The lowest BCUT2D eigenvalue weighted by molar-refractivity contribution is -0.123. The van der Waals surface area contributed by atoms with Gasteiger partial charge in [0.2, 0.25) is 0 Å². The van der Waals surface area contributed by atoms with Gasteiger partial charge in [-0.3, -0.25) is 14.5 Å². The van der Waals surface area contributed by atoms with Crippen molar-refractivity contribution >= 4 is 74.7 Å². The van der Waals surface area contributed by atoms with Crippen LogP contribution in [0, 0.1) is 5.82 Å². The number of fused-ring (bicyclic) bond motifs is 1. The monoisotopic (exact) mass is 572 g/mol. The van der Waals surface area contributed by atoms with E-state index in [1.54, 1.807) is 36.4 Å². The number of aryl methyl sites for hydroxylation is 1. The molecule has 1 fully saturated rings. The number of carbonyl (C=O) groups excluding carboxylic acids is 2. The van der Waals surface area contributed by atoms with E-state index in [9.17, 15) is 14.0 Å². The van der Waals surface area contributed by atoms with Crippen molar-refractivity contribution in [1.82, 2.24) is 9.47 Å². The van der Waals surface area contributed by atoms with E-state index >= 15 is 0 Å². The van der Waals surface area contributed by atoms with E-state index in [4.69, 9.17) is 34.8 Å². The molecule has 1 saturated heterocycles. The molecule has 188 valence electrons. The minimum absolute atomic E-state index is 0.0472. The van der Waals surface area contributed by atoms with E-state index in [0.29, 0.717) is 31.1 Å². The molecule has 4 nitrogen and oxygen atoms in total. The summed E-state index contributed by atoms with van der Waals surface area (Å²) in [6.45, 7) is 2.32. The summed E-state index contributed by atoms with van der Waals surface area (Å²) in [5.74, 6) is -0.780. The van der Waals surface area contributed by atoms with Crippen molar-refractivity contribution in [3.05, 3.63) is 109 Å². The number of hydrogen-bond donors (Lipinski definition) is 0. The van der Waals surface area contributed by atoms with Crippen LogP contribution in [0.4, 0.5) is 9.18 Å². The van der Waals surface area contributed by atoms with Crippen molar-refractivity contribution in [3.63, 3.8) is 0 Å². The van der Waals surface area contributed by atoms with E-state index in [0.717, 1.165) is 40.2 Å². The number of hydrogen-bond acceptors (Lipinski definition) is 3. The summed E-state index contributed by atoms with van der Waals surface area (Å²) in [7, 11) is 0. The highest BCUT2D eigenvalue weighted by atomic mass is 35.5. The van der Waals surface area contributed by atoms with Crippen molar-refractivity contribution < 1.29 is 14.0 Å². The molecule has 0 saturated carbocycles. The molecular weight excluding hydrogens is 554 g/mol. The Hall–Kier alpha value is -2.77. The molecule has 0 unspecified atom stereocenters. The van der Waals surface area contributed by atoms with Gasteiger partial charge < -0.3 is 4.57 Å². The second-order valence-electron chi connectivity index (χ2n) is 8.58. The molecule has 0 spiro atoms. The average Bonchev–Trinajstić information content (AvgIpc) is 3.34. The molecule has 1 aromatic heterocycles. The number of halogens is 4. The van der Waals surface area contributed by atoms with Crippen molar-refractivity contribution in [2.45, 2.75) is 26.4 Å². The first-order chi connectivity index (χ1) is 17.8. The fourth-order valence-electron chi connectivity index (χ4n) is 4.44. The maximum Gasteiger partial charge on any atom is 0.293 e. The lowest BCUT2D eigenvalue weighted by Crippen LogP contribution is -2.27. The van der Waals surface area contributed by atoms with E-state index in [2.05, 4.69) is 6.92 Å². The molecule has 1 aliphatic rings. The number of thioether (sulfide) groups is 1. The third-order valence-electron chi connectivity index (χ3n) is 6.29. The first-order valence-electron chi connectivity index (χ1n) is 11.5. The first-order valence-corrected chi connectivity index (χ1v) is 13.4. The van der Waals surface area contributed by atoms with Crippen molar-refractivity contribution in [2.75, 3.05) is 0 Å².